The van der Waals surface area contributed by atoms with E-state index in [4.69, 9.17) is 0 Å². The highest BCUT2D eigenvalue weighted by atomic mass is 32.2. The zero-order valence-corrected chi connectivity index (χ0v) is 15.9. The number of benzene rings is 2. The molecule has 26 heavy (non-hydrogen) atoms. The van der Waals surface area contributed by atoms with Gasteiger partial charge in [0.05, 0.1) is 5.69 Å². The highest BCUT2D eigenvalue weighted by Gasteiger charge is 2.26. The number of carbonyl (C=O) groups is 1. The van der Waals surface area contributed by atoms with Crippen molar-refractivity contribution in [2.75, 3.05) is 31.5 Å². The van der Waals surface area contributed by atoms with Gasteiger partial charge in [-0.3, -0.25) is 4.79 Å². The number of carbonyl (C=O) groups excluding carboxylic acids is 1. The lowest BCUT2D eigenvalue weighted by molar-refractivity contribution is -0.119. The third kappa shape index (κ3) is 5.57. The van der Waals surface area contributed by atoms with Gasteiger partial charge >= 0.3 is 10.2 Å². The van der Waals surface area contributed by atoms with Crippen molar-refractivity contribution in [2.24, 2.45) is 0 Å². The van der Waals surface area contributed by atoms with E-state index >= 15 is 0 Å². The van der Waals surface area contributed by atoms with Gasteiger partial charge in [-0.15, -0.1) is 0 Å². The van der Waals surface area contributed by atoms with Crippen LogP contribution in [0.25, 0.3) is 0 Å². The first kappa shape index (κ1) is 19.9. The molecule has 0 bridgehead atoms. The van der Waals surface area contributed by atoms with Crippen molar-refractivity contribution in [3.05, 3.63) is 66.2 Å². The smallest absolute Gasteiger partial charge is 0.304 e. The molecular weight excluding hydrogens is 350 g/mol. The second-order valence-electron chi connectivity index (χ2n) is 6.07. The zero-order chi connectivity index (χ0) is 19.0. The molecule has 0 aliphatic carbocycles. The van der Waals surface area contributed by atoms with E-state index in [1.54, 1.807) is 30.3 Å². The van der Waals surface area contributed by atoms with E-state index in [1.807, 2.05) is 30.3 Å². The molecule has 1 N–H and O–H groups in total. The molecule has 0 fully saturated rings. The van der Waals surface area contributed by atoms with Crippen molar-refractivity contribution in [3.63, 3.8) is 0 Å². The van der Waals surface area contributed by atoms with Gasteiger partial charge in [0.25, 0.3) is 0 Å². The van der Waals surface area contributed by atoms with E-state index in [-0.39, 0.29) is 12.5 Å². The van der Waals surface area contributed by atoms with Crippen molar-refractivity contribution in [3.8, 4) is 0 Å². The van der Waals surface area contributed by atoms with Crippen LogP contribution in [0.15, 0.2) is 60.7 Å². The maximum absolute atomic E-state index is 12.6. The first-order valence-electron chi connectivity index (χ1n) is 8.47. The van der Waals surface area contributed by atoms with Gasteiger partial charge in [-0.25, -0.2) is 4.31 Å². The zero-order valence-electron chi connectivity index (χ0n) is 15.1. The van der Waals surface area contributed by atoms with Gasteiger partial charge in [-0.1, -0.05) is 48.5 Å². The van der Waals surface area contributed by atoms with E-state index in [2.05, 4.69) is 5.32 Å². The molecule has 0 aliphatic heterocycles. The number of nitrogens with zero attached hydrogens (tertiary/aromatic N) is 2. The monoisotopic (exact) mass is 375 g/mol. The SMILES string of the molecule is CN(C)S(=O)(=O)N(CC(=O)NCCCc1ccccc1)c1ccccc1. The Balaban J connectivity index is 1.94. The Morgan fingerprint density at radius 1 is 0.962 bits per heavy atom. The Kier molecular flexibility index (Phi) is 7.17. The van der Waals surface area contributed by atoms with Crippen LogP contribution in [0.3, 0.4) is 0 Å². The number of aryl methyl sites for hydroxylation is 1. The fourth-order valence-electron chi connectivity index (χ4n) is 2.45. The molecule has 6 nitrogen and oxygen atoms in total. The van der Waals surface area contributed by atoms with Crippen molar-refractivity contribution < 1.29 is 13.2 Å². The van der Waals surface area contributed by atoms with E-state index < -0.39 is 10.2 Å². The molecule has 0 spiro atoms. The summed E-state index contributed by atoms with van der Waals surface area (Å²) >= 11 is 0. The largest absolute Gasteiger partial charge is 0.355 e. The van der Waals surface area contributed by atoms with Crippen molar-refractivity contribution >= 4 is 21.8 Å². The van der Waals surface area contributed by atoms with Crippen LogP contribution in [0, 0.1) is 0 Å². The average Bonchev–Trinajstić information content (AvgIpc) is 2.64. The third-order valence-electron chi connectivity index (χ3n) is 3.88. The summed E-state index contributed by atoms with van der Waals surface area (Å²) in [6, 6.07) is 18.6. The molecule has 0 unspecified atom stereocenters. The molecule has 2 rings (SSSR count). The molecule has 0 saturated heterocycles. The number of amides is 1. The molecule has 0 saturated carbocycles. The molecule has 1 amide bonds. The summed E-state index contributed by atoms with van der Waals surface area (Å²) in [7, 11) is -0.860. The van der Waals surface area contributed by atoms with E-state index in [0.29, 0.717) is 12.2 Å². The summed E-state index contributed by atoms with van der Waals surface area (Å²) < 4.78 is 27.3. The number of hydrogen-bond acceptors (Lipinski definition) is 3. The lowest BCUT2D eigenvalue weighted by atomic mass is 10.1. The average molecular weight is 375 g/mol. The van der Waals surface area contributed by atoms with Gasteiger partial charge in [0.2, 0.25) is 5.91 Å². The Morgan fingerprint density at radius 2 is 1.54 bits per heavy atom. The van der Waals surface area contributed by atoms with E-state index in [9.17, 15) is 13.2 Å². The first-order valence-corrected chi connectivity index (χ1v) is 9.87. The van der Waals surface area contributed by atoms with Gasteiger partial charge in [0.1, 0.15) is 6.54 Å². The predicted molar refractivity (Wildman–Crippen MR) is 104 cm³/mol. The molecular formula is C19H25N3O3S. The fraction of sp³-hybridized carbons (Fsp3) is 0.316. The van der Waals surface area contributed by atoms with Gasteiger partial charge in [0.15, 0.2) is 0 Å². The first-order chi connectivity index (χ1) is 12.4. The number of para-hydroxylation sites is 1. The van der Waals surface area contributed by atoms with Gasteiger partial charge in [-0.2, -0.15) is 12.7 Å². The lowest BCUT2D eigenvalue weighted by Gasteiger charge is -2.26. The van der Waals surface area contributed by atoms with Crippen LogP contribution in [0.1, 0.15) is 12.0 Å². The number of nitrogens with one attached hydrogen (secondary N) is 1. The maximum Gasteiger partial charge on any atom is 0.304 e. The summed E-state index contributed by atoms with van der Waals surface area (Å²) in [5.74, 6) is -0.327. The highest BCUT2D eigenvalue weighted by molar-refractivity contribution is 7.90. The summed E-state index contributed by atoms with van der Waals surface area (Å²) in [5, 5.41) is 2.80. The van der Waals surface area contributed by atoms with Crippen molar-refractivity contribution in [2.45, 2.75) is 12.8 Å². The van der Waals surface area contributed by atoms with Crippen LogP contribution in [0.4, 0.5) is 5.69 Å². The van der Waals surface area contributed by atoms with Gasteiger partial charge in [0, 0.05) is 20.6 Å². The standard InChI is InChI=1S/C19H25N3O3S/c1-21(2)26(24,25)22(18-13-7-4-8-14-18)16-19(23)20-15-9-12-17-10-5-3-6-11-17/h3-8,10-11,13-14H,9,12,15-16H2,1-2H3,(H,20,23). The molecule has 7 heteroatoms. The third-order valence-corrected chi connectivity index (χ3v) is 5.70. The molecule has 2 aromatic carbocycles. The molecule has 0 radical (unpaired) electrons. The summed E-state index contributed by atoms with van der Waals surface area (Å²) in [5.41, 5.74) is 1.67. The predicted octanol–water partition coefficient (Wildman–Crippen LogP) is 2.05. The Labute approximate surface area is 155 Å². The molecule has 140 valence electrons. The molecule has 0 aromatic heterocycles. The second-order valence-corrected chi connectivity index (χ2v) is 8.14. The lowest BCUT2D eigenvalue weighted by Crippen LogP contribution is -2.46. The fourth-order valence-corrected chi connectivity index (χ4v) is 3.51. The van der Waals surface area contributed by atoms with Crippen LogP contribution in [-0.4, -0.2) is 45.8 Å². The number of rotatable bonds is 9. The van der Waals surface area contributed by atoms with E-state index in [0.717, 1.165) is 21.5 Å². The molecule has 0 aliphatic rings. The Hall–Kier alpha value is -2.38. The van der Waals surface area contributed by atoms with Crippen molar-refractivity contribution in [1.82, 2.24) is 9.62 Å². The number of hydrogen-bond donors (Lipinski definition) is 1. The van der Waals surface area contributed by atoms with Crippen LogP contribution in [0.2, 0.25) is 0 Å². The van der Waals surface area contributed by atoms with Crippen LogP contribution in [0.5, 0.6) is 0 Å². The summed E-state index contributed by atoms with van der Waals surface area (Å²) in [6.45, 7) is 0.244. The van der Waals surface area contributed by atoms with Gasteiger partial charge in [-0.05, 0) is 30.5 Å². The van der Waals surface area contributed by atoms with Crippen LogP contribution < -0.4 is 9.62 Å². The maximum atomic E-state index is 12.6. The minimum Gasteiger partial charge on any atom is -0.355 e. The number of anilines is 1. The second kappa shape index (κ2) is 9.35. The quantitative estimate of drug-likeness (QED) is 0.682. The molecule has 2 aromatic rings. The highest BCUT2D eigenvalue weighted by Crippen LogP contribution is 2.18. The summed E-state index contributed by atoms with van der Waals surface area (Å²) in [6.07, 6.45) is 1.65. The van der Waals surface area contributed by atoms with Crippen LogP contribution >= 0.6 is 0 Å². The minimum absolute atomic E-state index is 0.254. The minimum atomic E-state index is -3.75. The van der Waals surface area contributed by atoms with Gasteiger partial charge < -0.3 is 5.32 Å². The Bertz CT molecular complexity index is 793. The normalized spacial score (nSPS) is 11.3. The molecule has 0 heterocycles. The Morgan fingerprint density at radius 3 is 2.12 bits per heavy atom. The summed E-state index contributed by atoms with van der Waals surface area (Å²) in [4.78, 5) is 12.3. The van der Waals surface area contributed by atoms with E-state index in [1.165, 1.54) is 19.7 Å². The topological polar surface area (TPSA) is 69.7 Å². The van der Waals surface area contributed by atoms with Crippen molar-refractivity contribution in [1.29, 1.82) is 0 Å². The molecule has 0 atom stereocenters. The van der Waals surface area contributed by atoms with Crippen LogP contribution in [-0.2, 0) is 21.4 Å².